The zero-order valence-electron chi connectivity index (χ0n) is 14.6. The quantitative estimate of drug-likeness (QED) is 0.621. The van der Waals surface area contributed by atoms with Gasteiger partial charge < -0.3 is 9.73 Å². The van der Waals surface area contributed by atoms with E-state index in [1.54, 1.807) is 25.1 Å². The average molecular weight is 440 g/mol. The van der Waals surface area contributed by atoms with Crippen molar-refractivity contribution in [3.05, 3.63) is 51.8 Å². The van der Waals surface area contributed by atoms with Gasteiger partial charge in [-0.2, -0.15) is 0 Å². The van der Waals surface area contributed by atoms with Crippen LogP contribution in [0.5, 0.6) is 0 Å². The number of sulfonamides is 1. The van der Waals surface area contributed by atoms with Crippen molar-refractivity contribution < 1.29 is 17.6 Å². The van der Waals surface area contributed by atoms with Crippen molar-refractivity contribution in [1.29, 1.82) is 0 Å². The minimum absolute atomic E-state index is 0.00123. The normalized spacial score (nSPS) is 14.4. The number of hydrogen-bond acceptors (Lipinski definition) is 5. The third kappa shape index (κ3) is 3.86. The van der Waals surface area contributed by atoms with Crippen LogP contribution in [-0.2, 0) is 10.0 Å². The SMILES string of the molecule is Cc1nc2cc(NC(=O)c3cc(S(=O)(=O)NC4CC4)c(Cl)cc3Cl)ccc2o1. The molecule has 7 nitrogen and oxygen atoms in total. The Hall–Kier alpha value is -2.13. The fraction of sp³-hybridized carbons (Fsp3) is 0.222. The van der Waals surface area contributed by atoms with Crippen molar-refractivity contribution >= 4 is 55.9 Å². The molecule has 2 aromatic carbocycles. The van der Waals surface area contributed by atoms with Gasteiger partial charge in [0.2, 0.25) is 10.0 Å². The Morgan fingerprint density at radius 3 is 2.64 bits per heavy atom. The Bertz CT molecular complexity index is 1200. The van der Waals surface area contributed by atoms with Gasteiger partial charge in [0.15, 0.2) is 11.5 Å². The molecule has 1 aliphatic carbocycles. The molecular formula is C18H15Cl2N3O4S. The minimum Gasteiger partial charge on any atom is -0.441 e. The predicted molar refractivity (Wildman–Crippen MR) is 107 cm³/mol. The second kappa shape index (κ2) is 7.04. The Morgan fingerprint density at radius 2 is 1.93 bits per heavy atom. The number of benzene rings is 2. The number of amides is 1. The predicted octanol–water partition coefficient (Wildman–Crippen LogP) is 4.14. The van der Waals surface area contributed by atoms with Gasteiger partial charge in [0.25, 0.3) is 5.91 Å². The largest absolute Gasteiger partial charge is 0.441 e. The molecule has 1 saturated carbocycles. The van der Waals surface area contributed by atoms with Crippen molar-refractivity contribution in [2.45, 2.75) is 30.7 Å². The summed E-state index contributed by atoms with van der Waals surface area (Å²) in [5.41, 5.74) is 1.66. The molecule has 1 fully saturated rings. The van der Waals surface area contributed by atoms with Crippen LogP contribution in [0, 0.1) is 6.92 Å². The first kappa shape index (κ1) is 19.2. The van der Waals surface area contributed by atoms with E-state index in [0.717, 1.165) is 12.8 Å². The summed E-state index contributed by atoms with van der Waals surface area (Å²) in [6.45, 7) is 1.73. The molecule has 0 radical (unpaired) electrons. The van der Waals surface area contributed by atoms with E-state index in [9.17, 15) is 13.2 Å². The summed E-state index contributed by atoms with van der Waals surface area (Å²) in [6.07, 6.45) is 1.56. The molecule has 2 N–H and O–H groups in total. The smallest absolute Gasteiger partial charge is 0.257 e. The standard InChI is InChI=1S/C18H15Cl2N3O4S/c1-9-21-15-6-11(4-5-16(15)27-9)22-18(24)12-7-17(14(20)8-13(12)19)28(25,26)23-10-2-3-10/h4-8,10,23H,2-3H2,1H3,(H,22,24). The molecule has 1 heterocycles. The van der Waals surface area contributed by atoms with Gasteiger partial charge in [0.05, 0.1) is 15.6 Å². The average Bonchev–Trinajstić information content (AvgIpc) is 3.31. The van der Waals surface area contributed by atoms with Crippen molar-refractivity contribution in [2.24, 2.45) is 0 Å². The van der Waals surface area contributed by atoms with Crippen molar-refractivity contribution in [2.75, 3.05) is 5.32 Å². The van der Waals surface area contributed by atoms with Gasteiger partial charge >= 0.3 is 0 Å². The number of nitrogens with one attached hydrogen (secondary N) is 2. The monoisotopic (exact) mass is 439 g/mol. The maximum absolute atomic E-state index is 12.7. The lowest BCUT2D eigenvalue weighted by molar-refractivity contribution is 0.102. The van der Waals surface area contributed by atoms with Crippen LogP contribution in [0.2, 0.25) is 10.0 Å². The second-order valence-electron chi connectivity index (χ2n) is 6.53. The Labute approximate surface area is 171 Å². The number of oxazole rings is 1. The van der Waals surface area contributed by atoms with E-state index in [1.165, 1.54) is 12.1 Å². The topological polar surface area (TPSA) is 101 Å². The molecule has 1 aromatic heterocycles. The van der Waals surface area contributed by atoms with E-state index in [1.807, 2.05) is 0 Å². The first-order valence-electron chi connectivity index (χ1n) is 8.43. The van der Waals surface area contributed by atoms with Gasteiger partial charge in [-0.05, 0) is 43.2 Å². The van der Waals surface area contributed by atoms with Crippen LogP contribution in [0.4, 0.5) is 5.69 Å². The van der Waals surface area contributed by atoms with Crippen molar-refractivity contribution in [1.82, 2.24) is 9.71 Å². The highest BCUT2D eigenvalue weighted by Gasteiger charge is 2.30. The molecule has 10 heteroatoms. The summed E-state index contributed by atoms with van der Waals surface area (Å²) in [5, 5.41) is 2.69. The number of aryl methyl sites for hydroxylation is 1. The van der Waals surface area contributed by atoms with Crippen LogP contribution in [0.15, 0.2) is 39.6 Å². The fourth-order valence-corrected chi connectivity index (χ4v) is 4.88. The number of anilines is 1. The van der Waals surface area contributed by atoms with E-state index in [4.69, 9.17) is 27.6 Å². The van der Waals surface area contributed by atoms with Crippen LogP contribution in [0.1, 0.15) is 29.1 Å². The van der Waals surface area contributed by atoms with Crippen molar-refractivity contribution in [3.8, 4) is 0 Å². The highest BCUT2D eigenvalue weighted by molar-refractivity contribution is 7.89. The number of aromatic nitrogens is 1. The van der Waals surface area contributed by atoms with Crippen LogP contribution in [0.25, 0.3) is 11.1 Å². The summed E-state index contributed by atoms with van der Waals surface area (Å²) in [4.78, 5) is 16.7. The molecule has 0 aliphatic heterocycles. The lowest BCUT2D eigenvalue weighted by atomic mass is 10.2. The van der Waals surface area contributed by atoms with E-state index in [-0.39, 0.29) is 26.5 Å². The van der Waals surface area contributed by atoms with Gasteiger partial charge in [0, 0.05) is 18.7 Å². The minimum atomic E-state index is -3.84. The van der Waals surface area contributed by atoms with Crippen LogP contribution < -0.4 is 10.0 Å². The summed E-state index contributed by atoms with van der Waals surface area (Å²) >= 11 is 12.2. The third-order valence-corrected chi connectivity index (χ3v) is 6.51. The zero-order chi connectivity index (χ0) is 20.1. The van der Waals surface area contributed by atoms with Crippen LogP contribution in [0.3, 0.4) is 0 Å². The molecule has 0 saturated heterocycles. The summed E-state index contributed by atoms with van der Waals surface area (Å²) in [7, 11) is -3.84. The number of nitrogens with zero attached hydrogens (tertiary/aromatic N) is 1. The molecule has 1 amide bonds. The molecule has 3 aromatic rings. The summed E-state index contributed by atoms with van der Waals surface area (Å²) < 4.78 is 33.0. The maximum Gasteiger partial charge on any atom is 0.257 e. The number of fused-ring (bicyclic) bond motifs is 1. The lowest BCUT2D eigenvalue weighted by Crippen LogP contribution is -2.26. The molecule has 4 rings (SSSR count). The Kier molecular flexibility index (Phi) is 4.83. The number of rotatable bonds is 5. The van der Waals surface area contributed by atoms with E-state index in [2.05, 4.69) is 15.0 Å². The number of halogens is 2. The van der Waals surface area contributed by atoms with Crippen LogP contribution in [-0.4, -0.2) is 25.4 Å². The molecule has 0 atom stereocenters. The highest BCUT2D eigenvalue weighted by atomic mass is 35.5. The molecule has 146 valence electrons. The molecular weight excluding hydrogens is 425 g/mol. The van der Waals surface area contributed by atoms with Gasteiger partial charge in [-0.15, -0.1) is 0 Å². The number of hydrogen-bond donors (Lipinski definition) is 2. The highest BCUT2D eigenvalue weighted by Crippen LogP contribution is 2.31. The van der Waals surface area contributed by atoms with Gasteiger partial charge in [-0.1, -0.05) is 23.2 Å². The molecule has 0 unspecified atom stereocenters. The van der Waals surface area contributed by atoms with Crippen molar-refractivity contribution in [3.63, 3.8) is 0 Å². The van der Waals surface area contributed by atoms with Crippen LogP contribution >= 0.6 is 23.2 Å². The maximum atomic E-state index is 12.7. The van der Waals surface area contributed by atoms with E-state index >= 15 is 0 Å². The summed E-state index contributed by atoms with van der Waals surface area (Å²) in [6, 6.07) is 7.34. The van der Waals surface area contributed by atoms with Gasteiger partial charge in [0.1, 0.15) is 10.4 Å². The molecule has 28 heavy (non-hydrogen) atoms. The Morgan fingerprint density at radius 1 is 1.18 bits per heavy atom. The number of carbonyl (C=O) groups excluding carboxylic acids is 1. The lowest BCUT2D eigenvalue weighted by Gasteiger charge is -2.12. The summed E-state index contributed by atoms with van der Waals surface area (Å²) in [5.74, 6) is -0.0543. The van der Waals surface area contributed by atoms with Gasteiger partial charge in [-0.25, -0.2) is 18.1 Å². The molecule has 0 bridgehead atoms. The fourth-order valence-electron chi connectivity index (χ4n) is 2.71. The number of carbonyl (C=O) groups is 1. The van der Waals surface area contributed by atoms with E-state index in [0.29, 0.717) is 22.7 Å². The molecule has 1 aliphatic rings. The first-order valence-corrected chi connectivity index (χ1v) is 10.7. The second-order valence-corrected chi connectivity index (χ2v) is 9.02. The van der Waals surface area contributed by atoms with E-state index < -0.39 is 15.9 Å². The third-order valence-electron chi connectivity index (χ3n) is 4.21. The zero-order valence-corrected chi connectivity index (χ0v) is 17.0. The first-order chi connectivity index (χ1) is 13.2. The Balaban J connectivity index is 1.65. The van der Waals surface area contributed by atoms with Gasteiger partial charge in [-0.3, -0.25) is 4.79 Å². The molecule has 0 spiro atoms.